The van der Waals surface area contributed by atoms with E-state index in [0.717, 1.165) is 18.4 Å². The lowest BCUT2D eigenvalue weighted by atomic mass is 9.80. The zero-order valence-corrected chi connectivity index (χ0v) is 13.6. The van der Waals surface area contributed by atoms with E-state index >= 15 is 0 Å². The van der Waals surface area contributed by atoms with Gasteiger partial charge in [-0.2, -0.15) is 0 Å². The highest BCUT2D eigenvalue weighted by molar-refractivity contribution is 4.74. The van der Waals surface area contributed by atoms with Gasteiger partial charge in [-0.25, -0.2) is 0 Å². The largest absolute Gasteiger partial charge is 0.315 e. The van der Waals surface area contributed by atoms with Gasteiger partial charge in [0.2, 0.25) is 0 Å². The van der Waals surface area contributed by atoms with Gasteiger partial charge in [0.25, 0.3) is 0 Å². The predicted molar refractivity (Wildman–Crippen MR) is 85.6 cm³/mol. The van der Waals surface area contributed by atoms with Crippen molar-refractivity contribution in [3.05, 3.63) is 0 Å². The summed E-state index contributed by atoms with van der Waals surface area (Å²) in [5.41, 5.74) is 0. The van der Waals surface area contributed by atoms with Crippen LogP contribution in [0.15, 0.2) is 0 Å². The molecule has 0 aromatic carbocycles. The Hall–Kier alpha value is -0.0800. The Morgan fingerprint density at radius 1 is 0.947 bits per heavy atom. The smallest absolute Gasteiger partial charge is 0.0107 e. The molecule has 1 N–H and O–H groups in total. The van der Waals surface area contributed by atoms with Crippen LogP contribution in [-0.4, -0.2) is 37.6 Å². The quantitative estimate of drug-likeness (QED) is 0.604. The Labute approximate surface area is 121 Å². The number of nitrogens with zero attached hydrogens (tertiary/aromatic N) is 1. The fourth-order valence-corrected chi connectivity index (χ4v) is 3.30. The van der Waals surface area contributed by atoms with Crippen molar-refractivity contribution >= 4 is 0 Å². The van der Waals surface area contributed by atoms with Crippen LogP contribution >= 0.6 is 0 Å². The van der Waals surface area contributed by atoms with E-state index in [4.69, 9.17) is 0 Å². The zero-order valence-electron chi connectivity index (χ0n) is 13.6. The van der Waals surface area contributed by atoms with E-state index in [2.05, 4.69) is 31.0 Å². The lowest BCUT2D eigenvalue weighted by molar-refractivity contribution is 0.247. The summed E-state index contributed by atoms with van der Waals surface area (Å²) >= 11 is 0. The van der Waals surface area contributed by atoms with Gasteiger partial charge in [-0.05, 0) is 44.3 Å². The molecular formula is C17H36N2. The maximum Gasteiger partial charge on any atom is 0.0107 e. The highest BCUT2D eigenvalue weighted by Gasteiger charge is 2.20. The summed E-state index contributed by atoms with van der Waals surface area (Å²) < 4.78 is 0. The van der Waals surface area contributed by atoms with E-state index in [1.54, 1.807) is 0 Å². The van der Waals surface area contributed by atoms with Crippen molar-refractivity contribution in [1.82, 2.24) is 10.2 Å². The second kappa shape index (κ2) is 10.7. The zero-order chi connectivity index (χ0) is 13.9. The van der Waals surface area contributed by atoms with Crippen LogP contribution in [0.3, 0.4) is 0 Å². The third-order valence-electron chi connectivity index (χ3n) is 4.86. The standard InChI is InChI=1S/C17H36N2/c1-4-7-8-16-9-11-17(12-10-16)15-18-13-14-19(5-2)6-3/h16-18H,4-15H2,1-3H3. The molecule has 0 heterocycles. The van der Waals surface area contributed by atoms with Crippen molar-refractivity contribution in [3.63, 3.8) is 0 Å². The summed E-state index contributed by atoms with van der Waals surface area (Å²) in [6.07, 6.45) is 10.2. The molecule has 0 atom stereocenters. The van der Waals surface area contributed by atoms with Crippen molar-refractivity contribution in [1.29, 1.82) is 0 Å². The van der Waals surface area contributed by atoms with E-state index < -0.39 is 0 Å². The van der Waals surface area contributed by atoms with Gasteiger partial charge >= 0.3 is 0 Å². The van der Waals surface area contributed by atoms with Gasteiger partial charge in [0.05, 0.1) is 0 Å². The Bertz CT molecular complexity index is 193. The van der Waals surface area contributed by atoms with Crippen LogP contribution in [0.1, 0.15) is 65.7 Å². The Kier molecular flexibility index (Phi) is 9.54. The van der Waals surface area contributed by atoms with Crippen LogP contribution in [0.2, 0.25) is 0 Å². The molecule has 0 aromatic rings. The van der Waals surface area contributed by atoms with Crippen LogP contribution in [0.25, 0.3) is 0 Å². The lowest BCUT2D eigenvalue weighted by Gasteiger charge is -2.29. The topological polar surface area (TPSA) is 15.3 Å². The van der Waals surface area contributed by atoms with Gasteiger partial charge in [0.15, 0.2) is 0 Å². The Morgan fingerprint density at radius 2 is 1.58 bits per heavy atom. The van der Waals surface area contributed by atoms with Gasteiger partial charge < -0.3 is 10.2 Å². The Balaban J connectivity index is 2.00. The number of rotatable bonds is 10. The molecule has 19 heavy (non-hydrogen) atoms. The first kappa shape index (κ1) is 17.0. The van der Waals surface area contributed by atoms with Crippen molar-refractivity contribution in [2.24, 2.45) is 11.8 Å². The van der Waals surface area contributed by atoms with Crippen LogP contribution in [0, 0.1) is 11.8 Å². The van der Waals surface area contributed by atoms with Gasteiger partial charge in [-0.3, -0.25) is 0 Å². The van der Waals surface area contributed by atoms with Crippen molar-refractivity contribution in [2.75, 3.05) is 32.7 Å². The average molecular weight is 268 g/mol. The molecule has 0 aromatic heterocycles. The second-order valence-electron chi connectivity index (χ2n) is 6.26. The van der Waals surface area contributed by atoms with Crippen LogP contribution in [0.5, 0.6) is 0 Å². The summed E-state index contributed by atoms with van der Waals surface area (Å²) in [4.78, 5) is 2.49. The fourth-order valence-electron chi connectivity index (χ4n) is 3.30. The number of nitrogens with one attached hydrogen (secondary N) is 1. The molecule has 1 rings (SSSR count). The van der Waals surface area contributed by atoms with Crippen molar-refractivity contribution in [2.45, 2.75) is 65.7 Å². The molecule has 0 unspecified atom stereocenters. The van der Waals surface area contributed by atoms with Gasteiger partial charge in [0.1, 0.15) is 0 Å². The van der Waals surface area contributed by atoms with E-state index in [1.165, 1.54) is 71.1 Å². The maximum atomic E-state index is 3.67. The first-order valence-corrected chi connectivity index (χ1v) is 8.73. The molecule has 2 heteroatoms. The normalized spacial score (nSPS) is 24.0. The summed E-state index contributed by atoms with van der Waals surface area (Å²) in [5.74, 6) is 2.00. The molecule has 0 bridgehead atoms. The molecule has 0 aliphatic heterocycles. The maximum absolute atomic E-state index is 3.67. The van der Waals surface area contributed by atoms with Crippen molar-refractivity contribution < 1.29 is 0 Å². The molecule has 1 saturated carbocycles. The van der Waals surface area contributed by atoms with Gasteiger partial charge in [-0.15, -0.1) is 0 Å². The first-order chi connectivity index (χ1) is 9.30. The minimum Gasteiger partial charge on any atom is -0.315 e. The molecule has 1 fully saturated rings. The van der Waals surface area contributed by atoms with Crippen molar-refractivity contribution in [3.8, 4) is 0 Å². The van der Waals surface area contributed by atoms with Gasteiger partial charge in [0, 0.05) is 13.1 Å². The highest BCUT2D eigenvalue weighted by atomic mass is 15.1. The lowest BCUT2D eigenvalue weighted by Crippen LogP contribution is -2.34. The van der Waals surface area contributed by atoms with E-state index in [1.807, 2.05) is 0 Å². The summed E-state index contributed by atoms with van der Waals surface area (Å²) in [6.45, 7) is 12.8. The molecule has 1 aliphatic rings. The molecular weight excluding hydrogens is 232 g/mol. The molecule has 0 spiro atoms. The Morgan fingerprint density at radius 3 is 2.16 bits per heavy atom. The van der Waals surface area contributed by atoms with E-state index in [0.29, 0.717) is 0 Å². The monoisotopic (exact) mass is 268 g/mol. The number of likely N-dealkylation sites (N-methyl/N-ethyl adjacent to an activating group) is 1. The fraction of sp³-hybridized carbons (Fsp3) is 1.00. The molecule has 1 aliphatic carbocycles. The first-order valence-electron chi connectivity index (χ1n) is 8.73. The summed E-state index contributed by atoms with van der Waals surface area (Å²) in [6, 6.07) is 0. The van der Waals surface area contributed by atoms with E-state index in [9.17, 15) is 0 Å². The summed E-state index contributed by atoms with van der Waals surface area (Å²) in [5, 5.41) is 3.67. The minimum absolute atomic E-state index is 0.953. The van der Waals surface area contributed by atoms with Gasteiger partial charge in [-0.1, -0.05) is 52.9 Å². The molecule has 114 valence electrons. The predicted octanol–water partition coefficient (Wildman–Crippen LogP) is 3.91. The van der Waals surface area contributed by atoms with Crippen LogP contribution < -0.4 is 5.32 Å². The van der Waals surface area contributed by atoms with Crippen LogP contribution in [-0.2, 0) is 0 Å². The minimum atomic E-state index is 0.953. The molecule has 2 nitrogen and oxygen atoms in total. The SMILES string of the molecule is CCCCC1CCC(CNCCN(CC)CC)CC1. The highest BCUT2D eigenvalue weighted by Crippen LogP contribution is 2.31. The summed E-state index contributed by atoms with van der Waals surface area (Å²) in [7, 11) is 0. The third-order valence-corrected chi connectivity index (χ3v) is 4.86. The second-order valence-corrected chi connectivity index (χ2v) is 6.26. The van der Waals surface area contributed by atoms with E-state index in [-0.39, 0.29) is 0 Å². The number of hydrogen-bond acceptors (Lipinski definition) is 2. The molecule has 0 amide bonds. The molecule has 0 saturated heterocycles. The van der Waals surface area contributed by atoms with Crippen LogP contribution in [0.4, 0.5) is 0 Å². The number of hydrogen-bond donors (Lipinski definition) is 1. The average Bonchev–Trinajstić information content (AvgIpc) is 2.46. The molecule has 0 radical (unpaired) electrons. The number of unbranched alkanes of at least 4 members (excludes halogenated alkanes) is 1. The third kappa shape index (κ3) is 7.31.